The third-order valence-corrected chi connectivity index (χ3v) is 5.07. The van der Waals surface area contributed by atoms with Gasteiger partial charge in [0.2, 0.25) is 0 Å². The van der Waals surface area contributed by atoms with Crippen molar-refractivity contribution in [1.82, 2.24) is 14.9 Å². The van der Waals surface area contributed by atoms with E-state index < -0.39 is 5.79 Å². The molecule has 0 atom stereocenters. The van der Waals surface area contributed by atoms with E-state index in [9.17, 15) is 9.59 Å². The Morgan fingerprint density at radius 1 is 1.04 bits per heavy atom. The summed E-state index contributed by atoms with van der Waals surface area (Å²) in [5.41, 5.74) is 1.68. The van der Waals surface area contributed by atoms with E-state index in [0.717, 1.165) is 5.56 Å². The van der Waals surface area contributed by atoms with Crippen molar-refractivity contribution in [3.05, 3.63) is 53.5 Å². The average Bonchev–Trinajstić information content (AvgIpc) is 3.17. The fourth-order valence-corrected chi connectivity index (χ4v) is 3.46. The summed E-state index contributed by atoms with van der Waals surface area (Å²) in [4.78, 5) is 35.5. The molecule has 8 nitrogen and oxygen atoms in total. The second-order valence-corrected chi connectivity index (χ2v) is 6.97. The molecule has 2 aliphatic heterocycles. The van der Waals surface area contributed by atoms with E-state index in [-0.39, 0.29) is 23.3 Å². The Morgan fingerprint density at radius 2 is 1.68 bits per heavy atom. The molecule has 0 radical (unpaired) electrons. The van der Waals surface area contributed by atoms with Crippen molar-refractivity contribution in [2.45, 2.75) is 25.6 Å². The summed E-state index contributed by atoms with van der Waals surface area (Å²) in [6, 6.07) is 7.17. The lowest BCUT2D eigenvalue weighted by Crippen LogP contribution is -2.47. The number of nitrogens with one attached hydrogen (secondary N) is 1. The van der Waals surface area contributed by atoms with Crippen molar-refractivity contribution in [1.29, 1.82) is 0 Å². The number of piperidine rings is 1. The molecule has 8 heteroatoms. The van der Waals surface area contributed by atoms with Gasteiger partial charge in [0.15, 0.2) is 17.3 Å². The van der Waals surface area contributed by atoms with Crippen LogP contribution in [0.15, 0.2) is 36.7 Å². The number of rotatable bonds is 3. The minimum atomic E-state index is -0.554. The number of anilines is 1. The Kier molecular flexibility index (Phi) is 5.06. The highest BCUT2D eigenvalue weighted by molar-refractivity contribution is 6.07. The summed E-state index contributed by atoms with van der Waals surface area (Å²) < 4.78 is 11.4. The van der Waals surface area contributed by atoms with Crippen LogP contribution in [-0.4, -0.2) is 58.8 Å². The first kappa shape index (κ1) is 18.5. The smallest absolute Gasteiger partial charge is 0.276 e. The topological polar surface area (TPSA) is 93.7 Å². The molecule has 2 saturated heterocycles. The molecule has 1 N–H and O–H groups in total. The van der Waals surface area contributed by atoms with Crippen LogP contribution < -0.4 is 5.32 Å². The maximum absolute atomic E-state index is 13.0. The van der Waals surface area contributed by atoms with Gasteiger partial charge in [0, 0.05) is 43.9 Å². The van der Waals surface area contributed by atoms with E-state index >= 15 is 0 Å². The number of aromatic nitrogens is 2. The van der Waals surface area contributed by atoms with Gasteiger partial charge in [-0.3, -0.25) is 9.59 Å². The van der Waals surface area contributed by atoms with Gasteiger partial charge in [0.1, 0.15) is 0 Å². The summed E-state index contributed by atoms with van der Waals surface area (Å²) in [7, 11) is 0. The maximum atomic E-state index is 13.0. The molecule has 2 fully saturated rings. The van der Waals surface area contributed by atoms with Gasteiger partial charge < -0.3 is 19.7 Å². The van der Waals surface area contributed by atoms with Gasteiger partial charge in [-0.2, -0.15) is 0 Å². The quantitative estimate of drug-likeness (QED) is 0.873. The molecule has 1 aromatic carbocycles. The summed E-state index contributed by atoms with van der Waals surface area (Å²) in [5, 5.41) is 2.71. The highest BCUT2D eigenvalue weighted by Gasteiger charge is 2.41. The molecular formula is C20H22N4O4. The number of hydrogen-bond donors (Lipinski definition) is 1. The zero-order chi connectivity index (χ0) is 19.6. The van der Waals surface area contributed by atoms with Crippen LogP contribution in [0.2, 0.25) is 0 Å². The van der Waals surface area contributed by atoms with Gasteiger partial charge in [0.25, 0.3) is 11.8 Å². The van der Waals surface area contributed by atoms with Crippen molar-refractivity contribution in [3.63, 3.8) is 0 Å². The fourth-order valence-electron chi connectivity index (χ4n) is 3.46. The summed E-state index contributed by atoms with van der Waals surface area (Å²) >= 11 is 0. The highest BCUT2D eigenvalue weighted by Crippen LogP contribution is 2.32. The number of amides is 2. The van der Waals surface area contributed by atoms with Crippen LogP contribution >= 0.6 is 0 Å². The second kappa shape index (κ2) is 7.65. The number of carbonyl (C=O) groups excluding carboxylic acids is 2. The van der Waals surface area contributed by atoms with E-state index in [1.807, 2.05) is 19.1 Å². The second-order valence-electron chi connectivity index (χ2n) is 6.97. The molecule has 1 spiro atoms. The lowest BCUT2D eigenvalue weighted by Gasteiger charge is -2.37. The molecule has 28 heavy (non-hydrogen) atoms. The molecule has 0 aliphatic carbocycles. The average molecular weight is 382 g/mol. The molecule has 3 heterocycles. The van der Waals surface area contributed by atoms with Gasteiger partial charge in [-0.15, -0.1) is 0 Å². The first-order chi connectivity index (χ1) is 13.6. The first-order valence-electron chi connectivity index (χ1n) is 9.33. The van der Waals surface area contributed by atoms with Crippen molar-refractivity contribution >= 4 is 17.6 Å². The molecule has 1 aromatic heterocycles. The molecule has 2 aromatic rings. The van der Waals surface area contributed by atoms with Crippen LogP contribution in [0, 0.1) is 6.92 Å². The molecule has 0 unspecified atom stereocenters. The van der Waals surface area contributed by atoms with E-state index in [4.69, 9.17) is 9.47 Å². The first-order valence-corrected chi connectivity index (χ1v) is 9.33. The highest BCUT2D eigenvalue weighted by atomic mass is 16.7. The van der Waals surface area contributed by atoms with E-state index in [2.05, 4.69) is 15.3 Å². The minimum Gasteiger partial charge on any atom is -0.347 e. The largest absolute Gasteiger partial charge is 0.347 e. The van der Waals surface area contributed by atoms with Crippen LogP contribution in [0.4, 0.5) is 5.82 Å². The van der Waals surface area contributed by atoms with E-state index in [0.29, 0.717) is 44.7 Å². The zero-order valence-electron chi connectivity index (χ0n) is 15.7. The molecule has 2 aliphatic rings. The number of ether oxygens (including phenoxy) is 2. The molecular weight excluding hydrogens is 360 g/mol. The van der Waals surface area contributed by atoms with E-state index in [1.54, 1.807) is 17.0 Å². The molecule has 146 valence electrons. The lowest BCUT2D eigenvalue weighted by molar-refractivity contribution is -0.181. The van der Waals surface area contributed by atoms with Crippen molar-refractivity contribution in [2.75, 3.05) is 31.6 Å². The fraction of sp³-hybridized carbons (Fsp3) is 0.400. The Labute approximate surface area is 162 Å². The summed E-state index contributed by atoms with van der Waals surface area (Å²) in [6.07, 6.45) is 4.13. The number of likely N-dealkylation sites (tertiary alicyclic amines) is 1. The number of aryl methyl sites for hydroxylation is 1. The number of carbonyl (C=O) groups is 2. The Hall–Kier alpha value is -2.84. The third-order valence-electron chi connectivity index (χ3n) is 5.07. The predicted molar refractivity (Wildman–Crippen MR) is 101 cm³/mol. The van der Waals surface area contributed by atoms with Gasteiger partial charge in [-0.25, -0.2) is 9.97 Å². The van der Waals surface area contributed by atoms with Crippen molar-refractivity contribution in [2.24, 2.45) is 0 Å². The Morgan fingerprint density at radius 3 is 2.36 bits per heavy atom. The molecule has 2 amide bonds. The summed E-state index contributed by atoms with van der Waals surface area (Å²) in [5.74, 6) is -0.992. The van der Waals surface area contributed by atoms with Gasteiger partial charge in [0.05, 0.1) is 13.2 Å². The van der Waals surface area contributed by atoms with Gasteiger partial charge in [-0.1, -0.05) is 17.7 Å². The number of hydrogen-bond acceptors (Lipinski definition) is 6. The van der Waals surface area contributed by atoms with Crippen LogP contribution in [0.5, 0.6) is 0 Å². The summed E-state index contributed by atoms with van der Waals surface area (Å²) in [6.45, 7) is 4.13. The normalized spacial score (nSPS) is 18.2. The van der Waals surface area contributed by atoms with Gasteiger partial charge in [-0.05, 0) is 19.1 Å². The van der Waals surface area contributed by atoms with E-state index in [1.165, 1.54) is 12.4 Å². The number of benzene rings is 1. The minimum absolute atomic E-state index is 0.132. The Bertz CT molecular complexity index is 868. The zero-order valence-corrected chi connectivity index (χ0v) is 15.7. The van der Waals surface area contributed by atoms with Crippen molar-refractivity contribution < 1.29 is 19.1 Å². The van der Waals surface area contributed by atoms with Crippen LogP contribution in [-0.2, 0) is 9.47 Å². The monoisotopic (exact) mass is 382 g/mol. The van der Waals surface area contributed by atoms with Gasteiger partial charge >= 0.3 is 0 Å². The SMILES string of the molecule is Cc1ccc(C(=O)Nc2nccnc2C(=O)N2CCC3(CC2)OCCO3)cc1. The van der Waals surface area contributed by atoms with Crippen molar-refractivity contribution in [3.8, 4) is 0 Å². The number of nitrogens with zero attached hydrogens (tertiary/aromatic N) is 3. The molecule has 0 bridgehead atoms. The Balaban J connectivity index is 1.47. The van der Waals surface area contributed by atoms with Crippen LogP contribution in [0.3, 0.4) is 0 Å². The lowest BCUT2D eigenvalue weighted by atomic mass is 10.0. The maximum Gasteiger partial charge on any atom is 0.276 e. The molecule has 0 saturated carbocycles. The van der Waals surface area contributed by atoms with Crippen LogP contribution in [0.25, 0.3) is 0 Å². The third kappa shape index (κ3) is 3.74. The van der Waals surface area contributed by atoms with Crippen LogP contribution in [0.1, 0.15) is 39.3 Å². The molecule has 4 rings (SSSR count). The standard InChI is InChI=1S/C20H22N4O4/c1-14-2-4-15(5-3-14)18(25)23-17-16(21-8-9-22-17)19(26)24-10-6-20(7-11-24)27-12-13-28-20/h2-5,8-9H,6-7,10-13H2,1H3,(H,22,23,25). The predicted octanol–water partition coefficient (Wildman–Crippen LogP) is 2.02.